The van der Waals surface area contributed by atoms with Crippen LogP contribution >= 0.6 is 0 Å². The van der Waals surface area contributed by atoms with E-state index >= 15 is 0 Å². The summed E-state index contributed by atoms with van der Waals surface area (Å²) >= 11 is 0. The molecule has 2 N–H and O–H groups in total. The molecule has 182 valence electrons. The number of anilines is 1. The number of fused-ring (bicyclic) bond motifs is 1. The Bertz CT molecular complexity index is 1380. The third-order valence-electron chi connectivity index (χ3n) is 7.90. The first-order valence-electron chi connectivity index (χ1n) is 12.4. The molecule has 1 saturated heterocycles. The van der Waals surface area contributed by atoms with Gasteiger partial charge < -0.3 is 15.2 Å². The van der Waals surface area contributed by atoms with Crippen molar-refractivity contribution in [3.8, 4) is 0 Å². The number of aromatic amines is 1. The molecule has 1 amide bonds. The van der Waals surface area contributed by atoms with Crippen molar-refractivity contribution >= 4 is 22.5 Å². The lowest BCUT2D eigenvalue weighted by Crippen LogP contribution is -2.68. The highest BCUT2D eigenvalue weighted by molar-refractivity contribution is 5.93. The topological polar surface area (TPSA) is 103 Å². The molecule has 0 radical (unpaired) electrons. The third kappa shape index (κ3) is 3.93. The van der Waals surface area contributed by atoms with E-state index in [1.807, 2.05) is 30.3 Å². The lowest BCUT2D eigenvalue weighted by molar-refractivity contribution is -0.0439. The highest BCUT2D eigenvalue weighted by Gasteiger charge is 2.57. The van der Waals surface area contributed by atoms with E-state index in [1.165, 1.54) is 4.57 Å². The SMILES string of the molecule is CCn1c(=O)[nH]c2cc(CN3CCN(c4ccc(C(=O)NC56CC(C5)C6)nc4)CC3)ccc2c1=O. The largest absolute Gasteiger partial charge is 0.368 e. The minimum Gasteiger partial charge on any atom is -0.368 e. The third-order valence-corrected chi connectivity index (χ3v) is 7.90. The summed E-state index contributed by atoms with van der Waals surface area (Å²) in [7, 11) is 0. The predicted octanol–water partition coefficient (Wildman–Crippen LogP) is 1.71. The molecule has 3 saturated carbocycles. The first-order chi connectivity index (χ1) is 16.9. The molecule has 4 aliphatic rings. The molecule has 2 aromatic heterocycles. The van der Waals surface area contributed by atoms with Crippen molar-refractivity contribution in [1.29, 1.82) is 0 Å². The minimum absolute atomic E-state index is 0.0630. The average molecular weight is 475 g/mol. The number of H-pyrrole nitrogens is 1. The summed E-state index contributed by atoms with van der Waals surface area (Å²) in [5.74, 6) is 0.762. The van der Waals surface area contributed by atoms with Crippen molar-refractivity contribution in [2.75, 3.05) is 31.1 Å². The van der Waals surface area contributed by atoms with Crippen molar-refractivity contribution in [2.24, 2.45) is 5.92 Å². The Balaban J connectivity index is 1.06. The summed E-state index contributed by atoms with van der Waals surface area (Å²) in [5.41, 5.74) is 2.61. The zero-order chi connectivity index (χ0) is 24.2. The van der Waals surface area contributed by atoms with Gasteiger partial charge in [0.25, 0.3) is 11.5 Å². The molecule has 0 spiro atoms. The number of piperazine rings is 1. The smallest absolute Gasteiger partial charge is 0.328 e. The maximum absolute atomic E-state index is 12.5. The second-order valence-electron chi connectivity index (χ2n) is 10.2. The average Bonchev–Trinajstić information content (AvgIpc) is 2.81. The number of carbonyl (C=O) groups excluding carboxylic acids is 1. The van der Waals surface area contributed by atoms with E-state index in [2.05, 4.69) is 25.1 Å². The standard InChI is InChI=1S/C26H30N6O3/c1-2-32-24(34)20-5-3-17(11-22(20)28-25(32)35)16-30-7-9-31(10-8-30)19-4-6-21(27-15-19)23(33)29-26-12-18(13-26)14-26/h3-6,11,15,18H,2,7-10,12-14,16H2,1H3,(H,28,35)(H,29,33). The van der Waals surface area contributed by atoms with E-state index in [0.717, 1.165) is 69.2 Å². The van der Waals surface area contributed by atoms with Crippen LogP contribution in [0.3, 0.4) is 0 Å². The van der Waals surface area contributed by atoms with Gasteiger partial charge in [-0.05, 0) is 61.9 Å². The molecule has 1 aromatic carbocycles. The number of benzene rings is 1. The summed E-state index contributed by atoms with van der Waals surface area (Å²) in [6, 6.07) is 9.50. The summed E-state index contributed by atoms with van der Waals surface area (Å²) < 4.78 is 1.21. The van der Waals surface area contributed by atoms with E-state index in [4.69, 9.17) is 0 Å². The number of hydrogen-bond acceptors (Lipinski definition) is 6. The molecule has 3 aliphatic carbocycles. The van der Waals surface area contributed by atoms with E-state index in [-0.39, 0.29) is 22.7 Å². The van der Waals surface area contributed by atoms with Gasteiger partial charge in [0, 0.05) is 44.8 Å². The molecule has 0 unspecified atom stereocenters. The van der Waals surface area contributed by atoms with Crippen molar-refractivity contribution in [3.63, 3.8) is 0 Å². The van der Waals surface area contributed by atoms with Crippen LogP contribution in [0.15, 0.2) is 46.1 Å². The molecule has 0 atom stereocenters. The van der Waals surface area contributed by atoms with Gasteiger partial charge in [0.1, 0.15) is 5.69 Å². The van der Waals surface area contributed by atoms with Crippen LogP contribution in [0, 0.1) is 5.92 Å². The Labute approximate surface area is 202 Å². The molecule has 9 nitrogen and oxygen atoms in total. The molecule has 3 aromatic rings. The second kappa shape index (κ2) is 8.34. The molecule has 1 aliphatic heterocycles. The summed E-state index contributed by atoms with van der Waals surface area (Å²) in [6.07, 6.45) is 5.17. The molecular formula is C26H30N6O3. The second-order valence-corrected chi connectivity index (χ2v) is 10.2. The normalized spacial score (nSPS) is 23.6. The number of aromatic nitrogens is 3. The highest BCUT2D eigenvalue weighted by Crippen LogP contribution is 2.56. The van der Waals surface area contributed by atoms with Crippen LogP contribution in [-0.4, -0.2) is 57.1 Å². The Kier molecular flexibility index (Phi) is 5.25. The van der Waals surface area contributed by atoms with Crippen LogP contribution in [0.25, 0.3) is 10.9 Å². The van der Waals surface area contributed by atoms with Gasteiger partial charge >= 0.3 is 5.69 Å². The molecule has 9 heteroatoms. The first-order valence-corrected chi connectivity index (χ1v) is 12.4. The molecule has 2 bridgehead atoms. The predicted molar refractivity (Wildman–Crippen MR) is 134 cm³/mol. The van der Waals surface area contributed by atoms with Crippen LogP contribution < -0.4 is 21.5 Å². The molecule has 35 heavy (non-hydrogen) atoms. The zero-order valence-electron chi connectivity index (χ0n) is 19.9. The lowest BCUT2D eigenvalue weighted by atomic mass is 9.50. The first kappa shape index (κ1) is 22.0. The molecule has 7 rings (SSSR count). The number of hydrogen-bond donors (Lipinski definition) is 2. The molecular weight excluding hydrogens is 444 g/mol. The van der Waals surface area contributed by atoms with Crippen LogP contribution in [-0.2, 0) is 13.1 Å². The van der Waals surface area contributed by atoms with Gasteiger partial charge in [-0.15, -0.1) is 0 Å². The Hall–Kier alpha value is -3.46. The number of rotatable bonds is 6. The summed E-state index contributed by atoms with van der Waals surface area (Å²) in [6.45, 7) is 6.39. The minimum atomic E-state index is -0.368. The van der Waals surface area contributed by atoms with Crippen LogP contribution in [0.4, 0.5) is 5.69 Å². The van der Waals surface area contributed by atoms with Gasteiger partial charge in [0.2, 0.25) is 0 Å². The van der Waals surface area contributed by atoms with Gasteiger partial charge in [-0.1, -0.05) is 6.07 Å². The van der Waals surface area contributed by atoms with Crippen LogP contribution in [0.5, 0.6) is 0 Å². The van der Waals surface area contributed by atoms with Crippen molar-refractivity contribution in [3.05, 3.63) is 68.6 Å². The number of pyridine rings is 1. The highest BCUT2D eigenvalue weighted by atomic mass is 16.2. The summed E-state index contributed by atoms with van der Waals surface area (Å²) in [5, 5.41) is 3.70. The Morgan fingerprint density at radius 2 is 1.89 bits per heavy atom. The van der Waals surface area contributed by atoms with Gasteiger partial charge in [0.15, 0.2) is 0 Å². The quantitative estimate of drug-likeness (QED) is 0.564. The van der Waals surface area contributed by atoms with Gasteiger partial charge in [-0.3, -0.25) is 19.1 Å². The fourth-order valence-electron chi connectivity index (χ4n) is 5.75. The fourth-order valence-corrected chi connectivity index (χ4v) is 5.75. The van der Waals surface area contributed by atoms with Crippen molar-refractivity contribution in [2.45, 2.75) is 44.8 Å². The zero-order valence-corrected chi connectivity index (χ0v) is 19.9. The van der Waals surface area contributed by atoms with Crippen LogP contribution in [0.1, 0.15) is 42.2 Å². The van der Waals surface area contributed by atoms with E-state index in [1.54, 1.807) is 13.1 Å². The number of nitrogens with one attached hydrogen (secondary N) is 2. The maximum atomic E-state index is 12.5. The molecule has 3 heterocycles. The fraction of sp³-hybridized carbons (Fsp3) is 0.462. The Morgan fingerprint density at radius 1 is 1.11 bits per heavy atom. The van der Waals surface area contributed by atoms with Crippen molar-refractivity contribution < 1.29 is 4.79 Å². The van der Waals surface area contributed by atoms with Gasteiger partial charge in [-0.25, -0.2) is 9.78 Å². The van der Waals surface area contributed by atoms with Gasteiger partial charge in [0.05, 0.1) is 22.8 Å². The van der Waals surface area contributed by atoms with Crippen LogP contribution in [0.2, 0.25) is 0 Å². The number of nitrogens with zero attached hydrogens (tertiary/aromatic N) is 4. The number of amides is 1. The van der Waals surface area contributed by atoms with E-state index in [0.29, 0.717) is 23.1 Å². The maximum Gasteiger partial charge on any atom is 0.328 e. The molecule has 4 fully saturated rings. The van der Waals surface area contributed by atoms with E-state index < -0.39 is 0 Å². The van der Waals surface area contributed by atoms with Gasteiger partial charge in [-0.2, -0.15) is 0 Å². The lowest BCUT2D eigenvalue weighted by Gasteiger charge is -2.61. The van der Waals surface area contributed by atoms with Crippen molar-refractivity contribution in [1.82, 2.24) is 24.8 Å². The Morgan fingerprint density at radius 3 is 2.51 bits per heavy atom. The van der Waals surface area contributed by atoms with E-state index in [9.17, 15) is 14.4 Å². The number of carbonyl (C=O) groups is 1. The summed E-state index contributed by atoms with van der Waals surface area (Å²) in [4.78, 5) is 49.1. The monoisotopic (exact) mass is 474 g/mol.